The van der Waals surface area contributed by atoms with Gasteiger partial charge in [-0.25, -0.2) is 0 Å². The Morgan fingerprint density at radius 1 is 1.07 bits per heavy atom. The Morgan fingerprint density at radius 2 is 1.70 bits per heavy atom. The Hall–Kier alpha value is 1.28. The normalized spacial score (nSPS) is 40.5. The zero-order chi connectivity index (χ0) is 19.6. The van der Waals surface area contributed by atoms with Gasteiger partial charge in [0.25, 0.3) is 0 Å². The van der Waals surface area contributed by atoms with E-state index in [9.17, 15) is 4.57 Å². The molecule has 0 aromatic rings. The van der Waals surface area contributed by atoms with Crippen molar-refractivity contribution in [1.29, 1.82) is 0 Å². The molecule has 153 valence electrons. The van der Waals surface area contributed by atoms with Gasteiger partial charge in [0.2, 0.25) is 0 Å². The average molecular weight is 473 g/mol. The second kappa shape index (κ2) is 11.6. The van der Waals surface area contributed by atoms with Gasteiger partial charge in [-0.15, -0.1) is 0 Å². The molecule has 2 saturated heterocycles. The summed E-state index contributed by atoms with van der Waals surface area (Å²) in [5.41, 5.74) is 0. The molecule has 2 heterocycles. The van der Waals surface area contributed by atoms with E-state index in [1.807, 2.05) is 0 Å². The van der Waals surface area contributed by atoms with Gasteiger partial charge in [-0.2, -0.15) is 0 Å². The van der Waals surface area contributed by atoms with Gasteiger partial charge in [0.05, 0.1) is 38.3 Å². The molecule has 9 atom stereocenters. The topological polar surface area (TPSA) is 44.8 Å². The molecule has 0 amide bonds. The van der Waals surface area contributed by atoms with E-state index in [0.29, 0.717) is 17.8 Å². The number of ether oxygens (including phenoxy) is 3. The largest absolute Gasteiger partial charge is 0.384 e. The van der Waals surface area contributed by atoms with E-state index >= 15 is 0 Å². The Kier molecular flexibility index (Phi) is 11.3. The molecule has 7 heteroatoms. The van der Waals surface area contributed by atoms with Crippen molar-refractivity contribution in [3.05, 3.63) is 0 Å². The fraction of sp³-hybridized carbons (Fsp3) is 1.00. The summed E-state index contributed by atoms with van der Waals surface area (Å²) in [7, 11) is 4.40. The van der Waals surface area contributed by atoms with Crippen LogP contribution in [0.15, 0.2) is 0 Å². The molecule has 0 aliphatic carbocycles. The zero-order valence-corrected chi connectivity index (χ0v) is 22.0. The predicted molar refractivity (Wildman–Crippen MR) is 109 cm³/mol. The van der Waals surface area contributed by atoms with Crippen LogP contribution in [0.5, 0.6) is 0 Å². The van der Waals surface area contributed by atoms with Gasteiger partial charge in [0, 0.05) is 57.0 Å². The first-order chi connectivity index (χ1) is 12.1. The van der Waals surface area contributed by atoms with Crippen molar-refractivity contribution in [3.8, 4) is 0 Å². The molecule has 3 radical (unpaired) electrons. The third-order valence-electron chi connectivity index (χ3n) is 6.20. The van der Waals surface area contributed by atoms with Crippen molar-refractivity contribution in [2.45, 2.75) is 91.4 Å². The van der Waals surface area contributed by atoms with Gasteiger partial charge in [-0.1, -0.05) is 27.7 Å². The summed E-state index contributed by atoms with van der Waals surface area (Å²) in [6, 6.07) is -0.231. The van der Waals surface area contributed by atoms with E-state index in [0.717, 1.165) is 18.7 Å². The van der Waals surface area contributed by atoms with Gasteiger partial charge in [-0.05, 0) is 44.9 Å². The van der Waals surface area contributed by atoms with Crippen LogP contribution in [0.1, 0.15) is 54.9 Å². The predicted octanol–water partition coefficient (Wildman–Crippen LogP) is 3.95. The first-order valence-electron chi connectivity index (χ1n) is 10.4. The first-order valence-corrected chi connectivity index (χ1v) is 12.2. The molecule has 27 heavy (non-hydrogen) atoms. The average Bonchev–Trinajstić information content (AvgIpc) is 2.97. The maximum absolute atomic E-state index is 12.9. The third-order valence-corrected chi connectivity index (χ3v) is 7.97. The summed E-state index contributed by atoms with van der Waals surface area (Å²) in [4.78, 5) is 0. The molecule has 3 unspecified atom stereocenters. The van der Waals surface area contributed by atoms with E-state index in [1.165, 1.54) is 0 Å². The zero-order valence-electron chi connectivity index (χ0n) is 18.2. The number of rotatable bonds is 8. The van der Waals surface area contributed by atoms with E-state index in [2.05, 4.69) is 48.5 Å². The van der Waals surface area contributed by atoms with Gasteiger partial charge < -0.3 is 18.8 Å². The van der Waals surface area contributed by atoms with Crippen LogP contribution in [0.2, 0.25) is 0 Å². The molecule has 2 fully saturated rings. The minimum Gasteiger partial charge on any atom is -0.384 e. The smallest absolute Gasteiger partial charge is 0.109 e. The maximum Gasteiger partial charge on any atom is 0.109 e. The molecular formula is C20H38BO4PY. The fourth-order valence-corrected chi connectivity index (χ4v) is 6.35. The second-order valence-corrected chi connectivity index (χ2v) is 11.0. The number of hydrogen-bond acceptors (Lipinski definition) is 4. The summed E-state index contributed by atoms with van der Waals surface area (Å²) in [5.74, 6) is 1.32. The summed E-state index contributed by atoms with van der Waals surface area (Å²) >= 11 is 0. The van der Waals surface area contributed by atoms with Crippen LogP contribution in [0.4, 0.5) is 0 Å². The number of hydrogen-bond donors (Lipinski definition) is 0. The SMILES string of the molecule is [B][C@@H]1O[C@H](C(C)C)[C@H](C[PH](=O)CC[C@H]2O[C@@H](C)C(C)[C@H]2OC(C)C)C1C.[Y]. The van der Waals surface area contributed by atoms with Gasteiger partial charge in [0.1, 0.15) is 7.85 Å². The van der Waals surface area contributed by atoms with E-state index in [-0.39, 0.29) is 75.2 Å². The Bertz CT molecular complexity index is 479. The van der Waals surface area contributed by atoms with Crippen LogP contribution in [-0.2, 0) is 51.5 Å². The molecule has 0 bridgehead atoms. The van der Waals surface area contributed by atoms with E-state index in [1.54, 1.807) is 0 Å². The quantitative estimate of drug-likeness (QED) is 0.396. The summed E-state index contributed by atoms with van der Waals surface area (Å²) in [5, 5.41) is 0. The molecule has 2 aliphatic rings. The van der Waals surface area contributed by atoms with Crippen LogP contribution in [0, 0.1) is 23.7 Å². The van der Waals surface area contributed by atoms with Crippen molar-refractivity contribution >= 4 is 15.6 Å². The van der Waals surface area contributed by atoms with Crippen molar-refractivity contribution in [2.24, 2.45) is 23.7 Å². The van der Waals surface area contributed by atoms with Crippen LogP contribution < -0.4 is 0 Å². The molecule has 0 N–H and O–H groups in total. The van der Waals surface area contributed by atoms with E-state index in [4.69, 9.17) is 22.1 Å². The molecule has 0 aromatic heterocycles. The van der Waals surface area contributed by atoms with Gasteiger partial charge in [0.15, 0.2) is 0 Å². The van der Waals surface area contributed by atoms with Gasteiger partial charge >= 0.3 is 0 Å². The van der Waals surface area contributed by atoms with Crippen LogP contribution in [0.25, 0.3) is 0 Å². The first kappa shape index (κ1) is 26.3. The summed E-state index contributed by atoms with van der Waals surface area (Å²) in [6.07, 6.45) is 2.91. The molecular weight excluding hydrogens is 435 g/mol. The summed E-state index contributed by atoms with van der Waals surface area (Å²) < 4.78 is 31.0. The second-order valence-electron chi connectivity index (χ2n) is 9.00. The van der Waals surface area contributed by atoms with Crippen molar-refractivity contribution in [3.63, 3.8) is 0 Å². The Labute approximate surface area is 193 Å². The van der Waals surface area contributed by atoms with E-state index < -0.39 is 7.80 Å². The molecule has 0 saturated carbocycles. The van der Waals surface area contributed by atoms with Crippen LogP contribution in [0.3, 0.4) is 0 Å². The molecule has 0 spiro atoms. The van der Waals surface area contributed by atoms with Crippen LogP contribution in [-0.4, -0.2) is 56.7 Å². The van der Waals surface area contributed by atoms with Crippen molar-refractivity contribution in [1.82, 2.24) is 0 Å². The fourth-order valence-electron chi connectivity index (χ4n) is 4.41. The van der Waals surface area contributed by atoms with Crippen LogP contribution >= 0.6 is 7.80 Å². The molecule has 0 aromatic carbocycles. The maximum atomic E-state index is 12.9. The molecule has 2 rings (SSSR count). The minimum atomic E-state index is -1.69. The third kappa shape index (κ3) is 6.90. The molecule has 4 nitrogen and oxygen atoms in total. The van der Waals surface area contributed by atoms with Gasteiger partial charge in [-0.3, -0.25) is 0 Å². The van der Waals surface area contributed by atoms with Crippen molar-refractivity contribution < 1.29 is 51.5 Å². The standard InChI is InChI=1S/C20H38BO4P.Y/c1-11(2)18-16(14(6)20(21)25-18)10-26(22)9-8-17-19(23-12(3)4)13(5)15(7)24-17;/h11-20,26H,8-10H2,1-7H3;/t13?,14?,15-,16+,17+,18+,19+,20+;/m0./s1. The minimum absolute atomic E-state index is 0. The molecule has 2 aliphatic heterocycles. The Morgan fingerprint density at radius 3 is 2.26 bits per heavy atom. The monoisotopic (exact) mass is 473 g/mol. The Balaban J connectivity index is 0.00000364. The summed E-state index contributed by atoms with van der Waals surface area (Å²) in [6.45, 7) is 14.9. The van der Waals surface area contributed by atoms with Crippen molar-refractivity contribution in [2.75, 3.05) is 12.3 Å².